The van der Waals surface area contributed by atoms with Crippen molar-refractivity contribution in [3.63, 3.8) is 0 Å². The largest absolute Gasteiger partial charge is 0.306 e. The van der Waals surface area contributed by atoms with Gasteiger partial charge in [0, 0.05) is 23.0 Å². The van der Waals surface area contributed by atoms with Gasteiger partial charge in [-0.1, -0.05) is 39.0 Å². The van der Waals surface area contributed by atoms with Gasteiger partial charge in [0.2, 0.25) is 0 Å². The van der Waals surface area contributed by atoms with Crippen LogP contribution in [0.1, 0.15) is 57.6 Å². The number of hydrogen-bond donors (Lipinski definition) is 0. The molecule has 1 aliphatic heterocycles. The fraction of sp³-hybridized carbons (Fsp3) is 0.344. The smallest absolute Gasteiger partial charge is 0.0882 e. The monoisotopic (exact) mass is 510 g/mol. The number of aryl methyl sites for hydroxylation is 2. The Balaban J connectivity index is 0.000000272. The molecule has 0 spiro atoms. The first kappa shape index (κ1) is 26.9. The van der Waals surface area contributed by atoms with Gasteiger partial charge in [0.15, 0.2) is 0 Å². The second-order valence-corrected chi connectivity index (χ2v) is 9.98. The summed E-state index contributed by atoms with van der Waals surface area (Å²) in [6.45, 7) is 8.27. The van der Waals surface area contributed by atoms with E-state index in [2.05, 4.69) is 84.3 Å². The van der Waals surface area contributed by atoms with E-state index in [1.807, 2.05) is 26.1 Å². The molecule has 4 nitrogen and oxygen atoms in total. The lowest BCUT2D eigenvalue weighted by Gasteiger charge is -2.19. The summed E-state index contributed by atoms with van der Waals surface area (Å²) >= 11 is 1.77. The summed E-state index contributed by atoms with van der Waals surface area (Å²) in [5.74, 6) is 0. The maximum absolute atomic E-state index is 4.98. The number of benzene rings is 2. The summed E-state index contributed by atoms with van der Waals surface area (Å²) in [5, 5.41) is 3.40. The summed E-state index contributed by atoms with van der Waals surface area (Å²) in [5.41, 5.74) is 5.88. The summed E-state index contributed by atoms with van der Waals surface area (Å²) in [6, 6.07) is 17.8. The molecule has 1 aromatic carbocycles. The lowest BCUT2D eigenvalue weighted by molar-refractivity contribution is 0.907. The molecule has 0 N–H and O–H groups in total. The zero-order valence-electron chi connectivity index (χ0n) is 22.7. The van der Waals surface area contributed by atoms with Crippen LogP contribution in [0.2, 0.25) is 0 Å². The maximum atomic E-state index is 4.98. The molecular formula is C32H38N4S. The Labute approximate surface area is 225 Å². The third kappa shape index (κ3) is 6.58. The van der Waals surface area contributed by atoms with Crippen LogP contribution in [0.4, 0.5) is 0 Å². The van der Waals surface area contributed by atoms with E-state index in [4.69, 9.17) is 9.98 Å². The topological polar surface area (TPSA) is 43.1 Å². The van der Waals surface area contributed by atoms with Crippen LogP contribution in [0.25, 0.3) is 29.2 Å². The van der Waals surface area contributed by atoms with Gasteiger partial charge >= 0.3 is 0 Å². The van der Waals surface area contributed by atoms with Crippen molar-refractivity contribution in [1.29, 1.82) is 0 Å². The van der Waals surface area contributed by atoms with Crippen molar-refractivity contribution in [2.24, 2.45) is 4.99 Å². The van der Waals surface area contributed by atoms with Crippen molar-refractivity contribution >= 4 is 23.9 Å². The Bertz CT molecular complexity index is 1470. The number of rotatable bonds is 4. The lowest BCUT2D eigenvalue weighted by Crippen LogP contribution is -2.40. The molecule has 37 heavy (non-hydrogen) atoms. The molecule has 0 amide bonds. The van der Waals surface area contributed by atoms with E-state index in [1.54, 1.807) is 18.0 Å². The van der Waals surface area contributed by atoms with Crippen LogP contribution in [-0.2, 0) is 6.42 Å². The maximum Gasteiger partial charge on any atom is 0.0882 e. The van der Waals surface area contributed by atoms with Crippen LogP contribution >= 0.6 is 11.8 Å². The van der Waals surface area contributed by atoms with E-state index in [9.17, 15) is 0 Å². The quantitative estimate of drug-likeness (QED) is 0.312. The van der Waals surface area contributed by atoms with Crippen LogP contribution in [0, 0.1) is 6.92 Å². The van der Waals surface area contributed by atoms with E-state index in [1.165, 1.54) is 39.9 Å². The second-order valence-electron chi connectivity index (χ2n) is 9.10. The van der Waals surface area contributed by atoms with Gasteiger partial charge in [-0.25, -0.2) is 4.98 Å². The van der Waals surface area contributed by atoms with E-state index in [0.29, 0.717) is 6.04 Å². The van der Waals surface area contributed by atoms with Crippen LogP contribution < -0.4 is 16.1 Å². The average Bonchev–Trinajstić information content (AvgIpc) is 3.78. The SMILES string of the molecule is CC.CCc1cccnc1.CSc1ccc(-n2c3cc(=NC4CC4)c(C)cc-3nc3c2=CCCC=3)cc1. The number of pyridine rings is 1. The molecule has 2 heterocycles. The van der Waals surface area contributed by atoms with E-state index >= 15 is 0 Å². The van der Waals surface area contributed by atoms with E-state index in [-0.39, 0.29) is 0 Å². The number of nitrogens with zero attached hydrogens (tertiary/aromatic N) is 4. The molecule has 1 saturated carbocycles. The molecule has 0 radical (unpaired) electrons. The van der Waals surface area contributed by atoms with Crippen molar-refractivity contribution < 1.29 is 0 Å². The summed E-state index contributed by atoms with van der Waals surface area (Å²) in [4.78, 5) is 15.1. The van der Waals surface area contributed by atoms with Crippen molar-refractivity contribution in [2.75, 3.05) is 6.26 Å². The van der Waals surface area contributed by atoms with Gasteiger partial charge in [0.05, 0.1) is 33.5 Å². The van der Waals surface area contributed by atoms with Crippen LogP contribution in [0.15, 0.2) is 70.8 Å². The van der Waals surface area contributed by atoms with Crippen molar-refractivity contribution in [1.82, 2.24) is 14.5 Å². The third-order valence-electron chi connectivity index (χ3n) is 6.45. The predicted molar refractivity (Wildman–Crippen MR) is 158 cm³/mol. The Morgan fingerprint density at radius 1 is 1.03 bits per heavy atom. The Morgan fingerprint density at radius 2 is 1.78 bits per heavy atom. The molecule has 6 rings (SSSR count). The minimum absolute atomic E-state index is 0.515. The molecule has 1 fully saturated rings. The number of hydrogen-bond acceptors (Lipinski definition) is 4. The Kier molecular flexibility index (Phi) is 9.34. The molecule has 0 bridgehead atoms. The van der Waals surface area contributed by atoms with Crippen molar-refractivity contribution in [3.05, 3.63) is 88.1 Å². The summed E-state index contributed by atoms with van der Waals surface area (Å²) in [7, 11) is 0. The summed E-state index contributed by atoms with van der Waals surface area (Å²) < 4.78 is 2.36. The standard InChI is InChI=1S/C23H23N3S.C7H9N.C2H6/c1-15-13-21-23(14-20(15)24-16-7-8-16)26(17-9-11-18(27-2)12-10-17)22-6-4-3-5-19(22)25-21;1-2-7-4-3-5-8-6-7;1-2/h5-6,9-14,16H,3-4,7-8H2,1-2H3;3-6H,2H2,1H3;1-2H3. The highest BCUT2D eigenvalue weighted by atomic mass is 32.2. The highest BCUT2D eigenvalue weighted by molar-refractivity contribution is 7.98. The molecule has 192 valence electrons. The van der Waals surface area contributed by atoms with Crippen LogP contribution in [-0.4, -0.2) is 26.8 Å². The van der Waals surface area contributed by atoms with Crippen LogP contribution in [0.5, 0.6) is 0 Å². The van der Waals surface area contributed by atoms with Crippen LogP contribution in [0.3, 0.4) is 0 Å². The van der Waals surface area contributed by atoms with E-state index in [0.717, 1.165) is 41.4 Å². The van der Waals surface area contributed by atoms with Crippen molar-refractivity contribution in [3.8, 4) is 17.1 Å². The Hall–Kier alpha value is -3.18. The molecule has 0 saturated heterocycles. The van der Waals surface area contributed by atoms with Gasteiger partial charge in [-0.15, -0.1) is 11.8 Å². The number of thioether (sulfide) groups is 1. The first-order valence-electron chi connectivity index (χ1n) is 13.5. The number of aromatic nitrogens is 3. The molecule has 4 aliphatic rings. The summed E-state index contributed by atoms with van der Waals surface area (Å²) in [6.07, 6.45) is 16.0. The van der Waals surface area contributed by atoms with Gasteiger partial charge in [0.25, 0.3) is 0 Å². The van der Waals surface area contributed by atoms with E-state index < -0.39 is 0 Å². The predicted octanol–water partition coefficient (Wildman–Crippen LogP) is 6.10. The first-order chi connectivity index (χ1) is 18.2. The zero-order chi connectivity index (χ0) is 26.2. The number of fused-ring (bicyclic) bond motifs is 2. The molecule has 0 atom stereocenters. The van der Waals surface area contributed by atoms with Crippen molar-refractivity contribution in [2.45, 2.75) is 70.7 Å². The third-order valence-corrected chi connectivity index (χ3v) is 7.19. The normalized spacial score (nSPS) is 14.4. The molecule has 0 unspecified atom stereocenters. The van der Waals surface area contributed by atoms with Gasteiger partial charge in [0.1, 0.15) is 0 Å². The lowest BCUT2D eigenvalue weighted by atomic mass is 10.1. The molecular weight excluding hydrogens is 472 g/mol. The highest BCUT2D eigenvalue weighted by Crippen LogP contribution is 2.25. The molecule has 2 aromatic rings. The molecule has 3 aliphatic carbocycles. The van der Waals surface area contributed by atoms with Gasteiger partial charge in [-0.2, -0.15) is 0 Å². The zero-order valence-corrected chi connectivity index (χ0v) is 23.6. The molecule has 5 heteroatoms. The van der Waals surface area contributed by atoms with Gasteiger partial charge < -0.3 is 4.57 Å². The fourth-order valence-electron chi connectivity index (χ4n) is 4.31. The first-order valence-corrected chi connectivity index (χ1v) is 14.7. The highest BCUT2D eigenvalue weighted by Gasteiger charge is 2.20. The average molecular weight is 511 g/mol. The fourth-order valence-corrected chi connectivity index (χ4v) is 4.72. The van der Waals surface area contributed by atoms with Gasteiger partial charge in [-0.3, -0.25) is 9.98 Å². The second kappa shape index (κ2) is 12.9. The molecule has 1 aromatic heterocycles. The van der Waals surface area contributed by atoms with Gasteiger partial charge in [-0.05, 0) is 98.9 Å². The Morgan fingerprint density at radius 3 is 2.41 bits per heavy atom. The minimum Gasteiger partial charge on any atom is -0.306 e. The minimum atomic E-state index is 0.515.